The van der Waals surface area contributed by atoms with Gasteiger partial charge in [0.2, 0.25) is 5.60 Å². The largest absolute Gasteiger partial charge is 0.496 e. The Hall–Kier alpha value is -2.61. The van der Waals surface area contributed by atoms with E-state index in [4.69, 9.17) is 4.74 Å². The van der Waals surface area contributed by atoms with E-state index in [1.54, 1.807) is 25.2 Å². The van der Waals surface area contributed by atoms with E-state index in [-0.39, 0.29) is 5.75 Å². The van der Waals surface area contributed by atoms with Crippen LogP contribution in [0.3, 0.4) is 0 Å². The van der Waals surface area contributed by atoms with E-state index in [0.29, 0.717) is 17.8 Å². The van der Waals surface area contributed by atoms with Gasteiger partial charge in [0.1, 0.15) is 11.6 Å². The van der Waals surface area contributed by atoms with Crippen LogP contribution >= 0.6 is 0 Å². The summed E-state index contributed by atoms with van der Waals surface area (Å²) in [6.07, 6.45) is -3.52. The molecule has 0 saturated carbocycles. The zero-order valence-electron chi connectivity index (χ0n) is 16.0. The standard InChI is InChI=1S/C20H22F4N2O2/c1-5-26(3)12-25-17-11-18(28-4)16(10-13(17)2)19(27,20(22,23)24)14-6-8-15(21)9-7-14/h6-12,27H,5H2,1-4H3/b25-12+. The molecule has 0 aliphatic heterocycles. The molecule has 0 fully saturated rings. The minimum absolute atomic E-state index is 0.180. The van der Waals surface area contributed by atoms with Crippen LogP contribution in [-0.2, 0) is 5.60 Å². The van der Waals surface area contributed by atoms with Crippen LogP contribution < -0.4 is 4.74 Å². The first-order chi connectivity index (χ1) is 13.0. The summed E-state index contributed by atoms with van der Waals surface area (Å²) >= 11 is 0. The molecule has 0 amide bonds. The smallest absolute Gasteiger partial charge is 0.425 e. The molecule has 0 spiro atoms. The number of benzene rings is 2. The number of alkyl halides is 3. The van der Waals surface area contributed by atoms with E-state index in [1.165, 1.54) is 19.2 Å². The van der Waals surface area contributed by atoms with Gasteiger partial charge in [0, 0.05) is 25.2 Å². The van der Waals surface area contributed by atoms with E-state index >= 15 is 0 Å². The number of ether oxygens (including phenoxy) is 1. The zero-order chi connectivity index (χ0) is 21.1. The second-order valence-corrected chi connectivity index (χ2v) is 6.37. The molecule has 2 aromatic carbocycles. The van der Waals surface area contributed by atoms with E-state index in [1.807, 2.05) is 6.92 Å². The lowest BCUT2D eigenvalue weighted by atomic mass is 9.84. The number of nitrogens with zero attached hydrogens (tertiary/aromatic N) is 2. The van der Waals surface area contributed by atoms with Gasteiger partial charge in [0.25, 0.3) is 0 Å². The highest BCUT2D eigenvalue weighted by Gasteiger charge is 2.57. The highest BCUT2D eigenvalue weighted by atomic mass is 19.4. The summed E-state index contributed by atoms with van der Waals surface area (Å²) in [5.41, 5.74) is -3.56. The van der Waals surface area contributed by atoms with Crippen LogP contribution in [0.25, 0.3) is 0 Å². The summed E-state index contributed by atoms with van der Waals surface area (Å²) in [4.78, 5) is 6.06. The summed E-state index contributed by atoms with van der Waals surface area (Å²) in [6.45, 7) is 4.22. The van der Waals surface area contributed by atoms with Crippen molar-refractivity contribution in [3.63, 3.8) is 0 Å². The van der Waals surface area contributed by atoms with Gasteiger partial charge in [-0.3, -0.25) is 0 Å². The Balaban J connectivity index is 2.69. The van der Waals surface area contributed by atoms with Crippen LogP contribution in [-0.4, -0.2) is 43.2 Å². The third-order valence-corrected chi connectivity index (χ3v) is 4.47. The zero-order valence-corrected chi connectivity index (χ0v) is 16.0. The molecule has 1 atom stereocenters. The van der Waals surface area contributed by atoms with E-state index < -0.39 is 28.7 Å². The van der Waals surface area contributed by atoms with Crippen molar-refractivity contribution in [3.8, 4) is 5.75 Å². The maximum Gasteiger partial charge on any atom is 0.425 e. The minimum atomic E-state index is -5.07. The van der Waals surface area contributed by atoms with Gasteiger partial charge in [0.05, 0.1) is 19.1 Å². The molecule has 1 unspecified atom stereocenters. The maximum atomic E-state index is 14.0. The van der Waals surface area contributed by atoms with Crippen molar-refractivity contribution in [1.29, 1.82) is 0 Å². The highest BCUT2D eigenvalue weighted by molar-refractivity contribution is 5.66. The molecular formula is C20H22F4N2O2. The number of methoxy groups -OCH3 is 1. The van der Waals surface area contributed by atoms with Crippen LogP contribution in [0, 0.1) is 12.7 Å². The molecule has 0 aliphatic rings. The van der Waals surface area contributed by atoms with Crippen LogP contribution in [0.4, 0.5) is 23.2 Å². The lowest BCUT2D eigenvalue weighted by Crippen LogP contribution is -2.43. The third kappa shape index (κ3) is 4.11. The monoisotopic (exact) mass is 398 g/mol. The van der Waals surface area contributed by atoms with Gasteiger partial charge in [-0.05, 0) is 43.2 Å². The topological polar surface area (TPSA) is 45.1 Å². The summed E-state index contributed by atoms with van der Waals surface area (Å²) in [6, 6.07) is 6.06. The normalized spacial score (nSPS) is 14.2. The minimum Gasteiger partial charge on any atom is -0.496 e. The first kappa shape index (κ1) is 21.7. The molecule has 0 saturated heterocycles. The Morgan fingerprint density at radius 1 is 1.18 bits per heavy atom. The number of hydrogen-bond acceptors (Lipinski definition) is 3. The molecule has 4 nitrogen and oxygen atoms in total. The first-order valence-corrected chi connectivity index (χ1v) is 8.53. The molecule has 0 heterocycles. The Morgan fingerprint density at radius 2 is 1.79 bits per heavy atom. The molecular weight excluding hydrogens is 376 g/mol. The van der Waals surface area contributed by atoms with Gasteiger partial charge in [-0.25, -0.2) is 9.38 Å². The van der Waals surface area contributed by atoms with Crippen molar-refractivity contribution >= 4 is 12.0 Å². The molecule has 0 radical (unpaired) electrons. The Bertz CT molecular complexity index is 851. The Labute approximate surface area is 161 Å². The van der Waals surface area contributed by atoms with Gasteiger partial charge < -0.3 is 14.7 Å². The van der Waals surface area contributed by atoms with Crippen molar-refractivity contribution in [1.82, 2.24) is 4.90 Å². The first-order valence-electron chi connectivity index (χ1n) is 8.53. The second kappa shape index (κ2) is 8.18. The highest BCUT2D eigenvalue weighted by Crippen LogP contribution is 2.48. The predicted octanol–water partition coefficient (Wildman–Crippen LogP) is 4.55. The predicted molar refractivity (Wildman–Crippen MR) is 99.6 cm³/mol. The number of aryl methyl sites for hydroxylation is 1. The summed E-state index contributed by atoms with van der Waals surface area (Å²) < 4.78 is 60.3. The van der Waals surface area contributed by atoms with Crippen LogP contribution in [0.2, 0.25) is 0 Å². The van der Waals surface area contributed by atoms with Gasteiger partial charge in [-0.1, -0.05) is 12.1 Å². The van der Waals surface area contributed by atoms with E-state index in [0.717, 1.165) is 24.3 Å². The summed E-state index contributed by atoms with van der Waals surface area (Å²) in [5, 5.41) is 10.8. The number of halogens is 4. The van der Waals surface area contributed by atoms with Crippen LogP contribution in [0.15, 0.2) is 41.4 Å². The van der Waals surface area contributed by atoms with E-state index in [2.05, 4.69) is 4.99 Å². The third-order valence-electron chi connectivity index (χ3n) is 4.47. The molecule has 8 heteroatoms. The van der Waals surface area contributed by atoms with Gasteiger partial charge >= 0.3 is 6.18 Å². The fraction of sp³-hybridized carbons (Fsp3) is 0.350. The lowest BCUT2D eigenvalue weighted by molar-refractivity contribution is -0.248. The quantitative estimate of drug-likeness (QED) is 0.441. The SMILES string of the molecule is CCN(C)/C=N/c1cc(OC)c(C(O)(c2ccc(F)cc2)C(F)(F)F)cc1C. The van der Waals surface area contributed by atoms with Gasteiger partial charge in [-0.15, -0.1) is 0 Å². The maximum absolute atomic E-state index is 14.0. The number of aliphatic imine (C=N–C) groups is 1. The summed E-state index contributed by atoms with van der Waals surface area (Å²) in [7, 11) is 3.02. The van der Waals surface area contributed by atoms with Crippen molar-refractivity contribution in [3.05, 3.63) is 58.9 Å². The molecule has 0 bridgehead atoms. The molecule has 2 rings (SSSR count). The fourth-order valence-electron chi connectivity index (χ4n) is 2.67. The van der Waals surface area contributed by atoms with Crippen molar-refractivity contribution in [2.24, 2.45) is 4.99 Å². The molecule has 28 heavy (non-hydrogen) atoms. The van der Waals surface area contributed by atoms with E-state index in [9.17, 15) is 22.7 Å². The van der Waals surface area contributed by atoms with Gasteiger partial charge in [0.15, 0.2) is 0 Å². The van der Waals surface area contributed by atoms with Crippen molar-refractivity contribution in [2.45, 2.75) is 25.6 Å². The van der Waals surface area contributed by atoms with Crippen molar-refractivity contribution in [2.75, 3.05) is 20.7 Å². The number of rotatable bonds is 6. The lowest BCUT2D eigenvalue weighted by Gasteiger charge is -2.33. The average Bonchev–Trinajstić information content (AvgIpc) is 2.65. The molecule has 0 aliphatic carbocycles. The Kier molecular flexibility index (Phi) is 6.34. The summed E-state index contributed by atoms with van der Waals surface area (Å²) in [5.74, 6) is -0.887. The molecule has 152 valence electrons. The van der Waals surface area contributed by atoms with Crippen LogP contribution in [0.1, 0.15) is 23.6 Å². The Morgan fingerprint density at radius 3 is 2.29 bits per heavy atom. The second-order valence-electron chi connectivity index (χ2n) is 6.37. The number of aliphatic hydroxyl groups is 1. The molecule has 1 N–H and O–H groups in total. The van der Waals surface area contributed by atoms with Crippen molar-refractivity contribution < 1.29 is 27.4 Å². The van der Waals surface area contributed by atoms with Crippen LogP contribution in [0.5, 0.6) is 5.75 Å². The average molecular weight is 398 g/mol. The molecule has 0 aromatic heterocycles. The van der Waals surface area contributed by atoms with Gasteiger partial charge in [-0.2, -0.15) is 13.2 Å². The molecule has 2 aromatic rings. The number of hydrogen-bond donors (Lipinski definition) is 1. The fourth-order valence-corrected chi connectivity index (χ4v) is 2.67.